The lowest BCUT2D eigenvalue weighted by atomic mass is 9.97. The molecular formula is C31H34N4O6. The number of carbonyl (C=O) groups is 4. The Kier molecular flexibility index (Phi) is 8.61. The molecule has 0 aliphatic carbocycles. The molecule has 4 rings (SSSR count). The van der Waals surface area contributed by atoms with Crippen molar-refractivity contribution in [1.82, 2.24) is 9.80 Å². The molecule has 3 N–H and O–H groups in total. The number of ether oxygens (including phenoxy) is 1. The summed E-state index contributed by atoms with van der Waals surface area (Å²) >= 11 is 0. The molecule has 0 aromatic heterocycles. The molecule has 4 amide bonds. The SMILES string of the molecule is CC(=O)Nc1cccc(NC(=O)c2cc(-c3cccc(O)c3)ccc2C(=O)N2CCN(C(=O)OC(C)(C)C)CC2)c1. The second-order valence-electron chi connectivity index (χ2n) is 10.8. The molecule has 1 saturated heterocycles. The van der Waals surface area contributed by atoms with Gasteiger partial charge in [-0.2, -0.15) is 0 Å². The van der Waals surface area contributed by atoms with E-state index in [0.29, 0.717) is 35.6 Å². The van der Waals surface area contributed by atoms with Gasteiger partial charge in [-0.3, -0.25) is 14.4 Å². The van der Waals surface area contributed by atoms with Gasteiger partial charge in [-0.05, 0) is 74.4 Å². The van der Waals surface area contributed by atoms with Gasteiger partial charge in [0, 0.05) is 44.5 Å². The van der Waals surface area contributed by atoms with E-state index in [-0.39, 0.29) is 41.8 Å². The third-order valence-electron chi connectivity index (χ3n) is 6.33. The number of carbonyl (C=O) groups excluding carboxylic acids is 4. The van der Waals surface area contributed by atoms with E-state index in [0.717, 1.165) is 0 Å². The normalized spacial score (nSPS) is 13.4. The van der Waals surface area contributed by atoms with Crippen LogP contribution in [0.15, 0.2) is 66.7 Å². The van der Waals surface area contributed by atoms with Crippen molar-refractivity contribution in [3.63, 3.8) is 0 Å². The molecule has 1 fully saturated rings. The monoisotopic (exact) mass is 558 g/mol. The molecule has 214 valence electrons. The quantitative estimate of drug-likeness (QED) is 0.406. The van der Waals surface area contributed by atoms with Gasteiger partial charge in [-0.1, -0.05) is 24.3 Å². The Bertz CT molecular complexity index is 1470. The molecule has 1 heterocycles. The van der Waals surface area contributed by atoms with Crippen LogP contribution in [-0.4, -0.2) is 70.5 Å². The minimum atomic E-state index is -0.620. The highest BCUT2D eigenvalue weighted by atomic mass is 16.6. The smallest absolute Gasteiger partial charge is 0.410 e. The number of hydrogen-bond donors (Lipinski definition) is 3. The first-order valence-corrected chi connectivity index (χ1v) is 13.3. The first kappa shape index (κ1) is 29.1. The maximum absolute atomic E-state index is 13.7. The first-order chi connectivity index (χ1) is 19.4. The lowest BCUT2D eigenvalue weighted by molar-refractivity contribution is -0.114. The number of aromatic hydroxyl groups is 1. The molecule has 41 heavy (non-hydrogen) atoms. The number of hydrogen-bond acceptors (Lipinski definition) is 6. The largest absolute Gasteiger partial charge is 0.508 e. The highest BCUT2D eigenvalue weighted by molar-refractivity contribution is 6.13. The summed E-state index contributed by atoms with van der Waals surface area (Å²) in [4.78, 5) is 54.4. The number of amides is 4. The number of phenolic OH excluding ortho intramolecular Hbond substituents is 1. The van der Waals surface area contributed by atoms with Crippen molar-refractivity contribution < 1.29 is 29.0 Å². The van der Waals surface area contributed by atoms with Gasteiger partial charge in [0.1, 0.15) is 11.4 Å². The molecule has 0 saturated carbocycles. The molecule has 10 nitrogen and oxygen atoms in total. The van der Waals surface area contributed by atoms with Gasteiger partial charge < -0.3 is 30.3 Å². The standard InChI is InChI=1S/C31H34N4O6/c1-20(36)32-23-8-6-9-24(19-23)33-28(38)27-18-22(21-7-5-10-25(37)17-21)11-12-26(27)29(39)34-13-15-35(16-14-34)30(40)41-31(2,3)4/h5-12,17-19,37H,13-16H2,1-4H3,(H,32,36)(H,33,38). The Hall–Kier alpha value is -4.86. The third kappa shape index (κ3) is 7.63. The van der Waals surface area contributed by atoms with Gasteiger partial charge in [0.05, 0.1) is 11.1 Å². The molecule has 1 aliphatic rings. The number of benzene rings is 3. The molecule has 0 atom stereocenters. The van der Waals surface area contributed by atoms with Crippen molar-refractivity contribution in [1.29, 1.82) is 0 Å². The number of piperazine rings is 1. The van der Waals surface area contributed by atoms with Crippen LogP contribution in [0.25, 0.3) is 11.1 Å². The zero-order valence-corrected chi connectivity index (χ0v) is 23.6. The van der Waals surface area contributed by atoms with Gasteiger partial charge in [0.2, 0.25) is 5.91 Å². The maximum atomic E-state index is 13.7. The van der Waals surface area contributed by atoms with Gasteiger partial charge in [0.25, 0.3) is 11.8 Å². The van der Waals surface area contributed by atoms with E-state index >= 15 is 0 Å². The van der Waals surface area contributed by atoms with E-state index in [1.807, 2.05) is 0 Å². The predicted octanol–water partition coefficient (Wildman–Crippen LogP) is 4.96. The van der Waals surface area contributed by atoms with Gasteiger partial charge in [0.15, 0.2) is 0 Å². The van der Waals surface area contributed by atoms with Crippen LogP contribution in [0.2, 0.25) is 0 Å². The molecule has 10 heteroatoms. The third-order valence-corrected chi connectivity index (χ3v) is 6.33. The fraction of sp³-hybridized carbons (Fsp3) is 0.290. The maximum Gasteiger partial charge on any atom is 0.410 e. The summed E-state index contributed by atoms with van der Waals surface area (Å²) in [6, 6.07) is 18.3. The summed E-state index contributed by atoms with van der Waals surface area (Å²) in [5, 5.41) is 15.5. The zero-order chi connectivity index (χ0) is 29.7. The van der Waals surface area contributed by atoms with Gasteiger partial charge in [-0.15, -0.1) is 0 Å². The van der Waals surface area contributed by atoms with E-state index in [1.54, 1.807) is 97.3 Å². The van der Waals surface area contributed by atoms with Crippen LogP contribution in [-0.2, 0) is 9.53 Å². The van der Waals surface area contributed by atoms with Crippen molar-refractivity contribution >= 4 is 35.2 Å². The number of phenols is 1. The second kappa shape index (κ2) is 12.1. The van der Waals surface area contributed by atoms with E-state index < -0.39 is 17.6 Å². The minimum Gasteiger partial charge on any atom is -0.508 e. The number of nitrogens with one attached hydrogen (secondary N) is 2. The van der Waals surface area contributed by atoms with Crippen molar-refractivity contribution in [2.75, 3.05) is 36.8 Å². The fourth-order valence-electron chi connectivity index (χ4n) is 4.45. The molecule has 1 aliphatic heterocycles. The van der Waals surface area contributed by atoms with Crippen molar-refractivity contribution in [3.05, 3.63) is 77.9 Å². The second-order valence-corrected chi connectivity index (χ2v) is 10.8. The Balaban J connectivity index is 1.60. The Morgan fingerprint density at radius 3 is 2.00 bits per heavy atom. The molecule has 0 spiro atoms. The highest BCUT2D eigenvalue weighted by Gasteiger charge is 2.30. The van der Waals surface area contributed by atoms with Crippen LogP contribution in [0.4, 0.5) is 16.2 Å². The highest BCUT2D eigenvalue weighted by Crippen LogP contribution is 2.27. The summed E-state index contributed by atoms with van der Waals surface area (Å²) in [5.74, 6) is -1.02. The van der Waals surface area contributed by atoms with Crippen LogP contribution in [0.5, 0.6) is 5.75 Å². The first-order valence-electron chi connectivity index (χ1n) is 13.3. The van der Waals surface area contributed by atoms with Crippen molar-refractivity contribution in [2.24, 2.45) is 0 Å². The molecule has 0 radical (unpaired) electrons. The summed E-state index contributed by atoms with van der Waals surface area (Å²) in [6.07, 6.45) is -0.429. The van der Waals surface area contributed by atoms with Crippen LogP contribution in [0.1, 0.15) is 48.4 Å². The van der Waals surface area contributed by atoms with Gasteiger partial charge in [-0.25, -0.2) is 4.79 Å². The number of nitrogens with zero attached hydrogens (tertiary/aromatic N) is 2. The van der Waals surface area contributed by atoms with Gasteiger partial charge >= 0.3 is 6.09 Å². The average molecular weight is 559 g/mol. The molecule has 0 unspecified atom stereocenters. The average Bonchev–Trinajstić information content (AvgIpc) is 2.91. The number of rotatable bonds is 5. The van der Waals surface area contributed by atoms with Crippen molar-refractivity contribution in [2.45, 2.75) is 33.3 Å². The van der Waals surface area contributed by atoms with E-state index in [4.69, 9.17) is 4.74 Å². The topological polar surface area (TPSA) is 128 Å². The minimum absolute atomic E-state index is 0.0753. The van der Waals surface area contributed by atoms with Crippen molar-refractivity contribution in [3.8, 4) is 16.9 Å². The molecular weight excluding hydrogens is 524 g/mol. The fourth-order valence-corrected chi connectivity index (χ4v) is 4.45. The summed E-state index contributed by atoms with van der Waals surface area (Å²) < 4.78 is 5.45. The van der Waals surface area contributed by atoms with Crippen LogP contribution >= 0.6 is 0 Å². The lowest BCUT2D eigenvalue weighted by Crippen LogP contribution is -2.51. The molecule has 3 aromatic rings. The van der Waals surface area contributed by atoms with Crippen LogP contribution in [0.3, 0.4) is 0 Å². The Labute approximate surface area is 238 Å². The van der Waals surface area contributed by atoms with Crippen LogP contribution < -0.4 is 10.6 Å². The summed E-state index contributed by atoms with van der Waals surface area (Å²) in [7, 11) is 0. The summed E-state index contributed by atoms with van der Waals surface area (Å²) in [6.45, 7) is 7.97. The number of anilines is 2. The molecule has 0 bridgehead atoms. The molecule has 3 aromatic carbocycles. The van der Waals surface area contributed by atoms with E-state index in [1.165, 1.54) is 6.92 Å². The lowest BCUT2D eigenvalue weighted by Gasteiger charge is -2.35. The van der Waals surface area contributed by atoms with E-state index in [9.17, 15) is 24.3 Å². The zero-order valence-electron chi connectivity index (χ0n) is 23.6. The Morgan fingerprint density at radius 2 is 1.37 bits per heavy atom. The van der Waals surface area contributed by atoms with Crippen LogP contribution in [0, 0.1) is 0 Å². The van der Waals surface area contributed by atoms with E-state index in [2.05, 4.69) is 10.6 Å². The summed E-state index contributed by atoms with van der Waals surface area (Å²) in [5.41, 5.74) is 2.01. The Morgan fingerprint density at radius 1 is 0.756 bits per heavy atom. The predicted molar refractivity (Wildman–Crippen MR) is 156 cm³/mol.